The lowest BCUT2D eigenvalue weighted by Crippen LogP contribution is -2.54. The standard InChI is InChI=1S/C27H21Cl2N3O6/c1-2-37-22-14-16(13-21(29)24(22)38-15-23(33)30-18-6-4-3-5-7-18)12-20-25(34)31-27(36)32(26(20)35)19-10-8-17(28)9-11-19/h3-14H,2,15H2,1H3,(H,30,33)(H,31,34,36)/b20-12+. The van der Waals surface area contributed by atoms with Crippen LogP contribution in [-0.4, -0.2) is 37.0 Å². The van der Waals surface area contributed by atoms with E-state index < -0.39 is 23.8 Å². The van der Waals surface area contributed by atoms with E-state index in [0.717, 1.165) is 4.90 Å². The normalized spacial score (nSPS) is 14.3. The van der Waals surface area contributed by atoms with Crippen LogP contribution < -0.4 is 25.0 Å². The van der Waals surface area contributed by atoms with E-state index in [4.69, 9.17) is 32.7 Å². The second-order valence-corrected chi connectivity index (χ2v) is 8.74. The molecule has 1 fully saturated rings. The number of nitrogens with zero attached hydrogens (tertiary/aromatic N) is 1. The molecule has 1 aliphatic rings. The Kier molecular flexibility index (Phi) is 8.30. The summed E-state index contributed by atoms with van der Waals surface area (Å²) in [5.41, 5.74) is 0.888. The second-order valence-electron chi connectivity index (χ2n) is 7.90. The van der Waals surface area contributed by atoms with Crippen LogP contribution in [0.15, 0.2) is 72.3 Å². The van der Waals surface area contributed by atoms with Gasteiger partial charge < -0.3 is 14.8 Å². The van der Waals surface area contributed by atoms with Crippen LogP contribution in [0, 0.1) is 0 Å². The molecule has 0 unspecified atom stereocenters. The van der Waals surface area contributed by atoms with E-state index >= 15 is 0 Å². The minimum absolute atomic E-state index is 0.0876. The van der Waals surface area contributed by atoms with Gasteiger partial charge in [-0.05, 0) is 67.1 Å². The van der Waals surface area contributed by atoms with Crippen LogP contribution in [0.5, 0.6) is 11.5 Å². The molecule has 0 spiro atoms. The third-order valence-electron chi connectivity index (χ3n) is 5.23. The Morgan fingerprint density at radius 3 is 2.39 bits per heavy atom. The molecule has 5 amide bonds. The number of imide groups is 2. The zero-order valence-corrected chi connectivity index (χ0v) is 21.5. The quantitative estimate of drug-likeness (QED) is 0.297. The Hall–Kier alpha value is -4.34. The molecule has 0 saturated carbocycles. The van der Waals surface area contributed by atoms with E-state index in [0.29, 0.717) is 16.3 Å². The summed E-state index contributed by atoms with van der Waals surface area (Å²) in [6.07, 6.45) is 1.29. The topological polar surface area (TPSA) is 114 Å². The number of anilines is 2. The summed E-state index contributed by atoms with van der Waals surface area (Å²) in [7, 11) is 0. The average Bonchev–Trinajstić information content (AvgIpc) is 2.88. The first kappa shape index (κ1) is 26.7. The van der Waals surface area contributed by atoms with E-state index in [1.807, 2.05) is 6.07 Å². The molecule has 0 bridgehead atoms. The highest BCUT2D eigenvalue weighted by Gasteiger charge is 2.36. The summed E-state index contributed by atoms with van der Waals surface area (Å²) < 4.78 is 11.3. The van der Waals surface area contributed by atoms with Crippen LogP contribution in [0.1, 0.15) is 12.5 Å². The van der Waals surface area contributed by atoms with Crippen LogP contribution in [0.4, 0.5) is 16.2 Å². The van der Waals surface area contributed by atoms with Gasteiger partial charge in [-0.3, -0.25) is 19.7 Å². The number of hydrogen-bond donors (Lipinski definition) is 2. The highest BCUT2D eigenvalue weighted by atomic mass is 35.5. The maximum absolute atomic E-state index is 13.1. The van der Waals surface area contributed by atoms with Crippen LogP contribution in [-0.2, 0) is 14.4 Å². The average molecular weight is 554 g/mol. The lowest BCUT2D eigenvalue weighted by Gasteiger charge is -2.26. The molecule has 0 aromatic heterocycles. The largest absolute Gasteiger partial charge is 0.490 e. The van der Waals surface area contributed by atoms with Crippen LogP contribution in [0.25, 0.3) is 6.08 Å². The molecule has 9 nitrogen and oxygen atoms in total. The fourth-order valence-electron chi connectivity index (χ4n) is 3.58. The van der Waals surface area contributed by atoms with Crippen molar-refractivity contribution in [3.05, 3.63) is 87.9 Å². The molecular formula is C27H21Cl2N3O6. The highest BCUT2D eigenvalue weighted by molar-refractivity contribution is 6.39. The van der Waals surface area contributed by atoms with Gasteiger partial charge in [-0.15, -0.1) is 0 Å². The third kappa shape index (κ3) is 6.13. The monoisotopic (exact) mass is 553 g/mol. The van der Waals surface area contributed by atoms with Gasteiger partial charge in [-0.2, -0.15) is 0 Å². The summed E-state index contributed by atoms with van der Waals surface area (Å²) in [4.78, 5) is 51.2. The van der Waals surface area contributed by atoms with E-state index in [9.17, 15) is 19.2 Å². The van der Waals surface area contributed by atoms with Crippen molar-refractivity contribution in [2.24, 2.45) is 0 Å². The number of halogens is 2. The van der Waals surface area contributed by atoms with E-state index in [1.165, 1.54) is 42.5 Å². The highest BCUT2D eigenvalue weighted by Crippen LogP contribution is 2.37. The summed E-state index contributed by atoms with van der Waals surface area (Å²) in [5, 5.41) is 5.37. The summed E-state index contributed by atoms with van der Waals surface area (Å²) in [5.74, 6) is -1.77. The first-order valence-electron chi connectivity index (χ1n) is 11.4. The second kappa shape index (κ2) is 11.8. The van der Waals surface area contributed by atoms with Crippen molar-refractivity contribution in [3.63, 3.8) is 0 Å². The van der Waals surface area contributed by atoms with Crippen molar-refractivity contribution in [1.82, 2.24) is 5.32 Å². The minimum atomic E-state index is -0.884. The number of carbonyl (C=O) groups excluding carboxylic acids is 4. The number of ether oxygens (including phenoxy) is 2. The minimum Gasteiger partial charge on any atom is -0.490 e. The Bertz CT molecular complexity index is 1420. The van der Waals surface area contributed by atoms with Crippen LogP contribution in [0.3, 0.4) is 0 Å². The molecule has 0 radical (unpaired) electrons. The van der Waals surface area contributed by atoms with Gasteiger partial charge >= 0.3 is 6.03 Å². The lowest BCUT2D eigenvalue weighted by atomic mass is 10.1. The predicted octanol–water partition coefficient (Wildman–Crippen LogP) is 5.08. The van der Waals surface area contributed by atoms with Gasteiger partial charge in [0.05, 0.1) is 17.3 Å². The number of barbiturate groups is 1. The molecule has 1 aliphatic heterocycles. The Morgan fingerprint density at radius 2 is 1.71 bits per heavy atom. The molecular weight excluding hydrogens is 533 g/mol. The van der Waals surface area contributed by atoms with Gasteiger partial charge in [0, 0.05) is 10.7 Å². The van der Waals surface area contributed by atoms with Crippen molar-refractivity contribution >= 4 is 64.4 Å². The van der Waals surface area contributed by atoms with Gasteiger partial charge in [0.25, 0.3) is 17.7 Å². The van der Waals surface area contributed by atoms with E-state index in [2.05, 4.69) is 10.6 Å². The molecule has 2 N–H and O–H groups in total. The predicted molar refractivity (Wildman–Crippen MR) is 144 cm³/mol. The van der Waals surface area contributed by atoms with E-state index in [-0.39, 0.29) is 41.0 Å². The number of rotatable bonds is 8. The fourth-order valence-corrected chi connectivity index (χ4v) is 3.98. The first-order valence-corrected chi connectivity index (χ1v) is 12.1. The molecule has 38 heavy (non-hydrogen) atoms. The maximum Gasteiger partial charge on any atom is 0.335 e. The Morgan fingerprint density at radius 1 is 1.00 bits per heavy atom. The van der Waals surface area contributed by atoms with Gasteiger partial charge in [-0.25, -0.2) is 9.69 Å². The number of urea groups is 1. The lowest BCUT2D eigenvalue weighted by molar-refractivity contribution is -0.122. The summed E-state index contributed by atoms with van der Waals surface area (Å²) in [6.45, 7) is 1.66. The Labute approximate surface area is 227 Å². The van der Waals surface area contributed by atoms with Crippen molar-refractivity contribution in [2.45, 2.75) is 6.92 Å². The van der Waals surface area contributed by atoms with E-state index in [1.54, 1.807) is 31.2 Å². The zero-order chi connectivity index (χ0) is 27.2. The molecule has 3 aromatic carbocycles. The molecule has 0 atom stereocenters. The number of carbonyl (C=O) groups is 4. The molecule has 4 rings (SSSR count). The van der Waals surface area contributed by atoms with Crippen molar-refractivity contribution in [2.75, 3.05) is 23.4 Å². The van der Waals surface area contributed by atoms with Gasteiger partial charge in [0.15, 0.2) is 18.1 Å². The molecule has 1 saturated heterocycles. The molecule has 3 aromatic rings. The molecule has 11 heteroatoms. The SMILES string of the molecule is CCOc1cc(/C=C2\C(=O)NC(=O)N(c3ccc(Cl)cc3)C2=O)cc(Cl)c1OCC(=O)Nc1ccccc1. The number of nitrogens with one attached hydrogen (secondary N) is 2. The summed E-state index contributed by atoms with van der Waals surface area (Å²) in [6, 6.07) is 17.0. The van der Waals surface area contributed by atoms with Gasteiger partial charge in [0.2, 0.25) is 0 Å². The van der Waals surface area contributed by atoms with Crippen LogP contribution >= 0.6 is 23.2 Å². The zero-order valence-electron chi connectivity index (χ0n) is 20.0. The smallest absolute Gasteiger partial charge is 0.335 e. The fraction of sp³-hybridized carbons (Fsp3) is 0.111. The number of amides is 5. The number of hydrogen-bond acceptors (Lipinski definition) is 6. The van der Waals surface area contributed by atoms with Crippen LogP contribution in [0.2, 0.25) is 10.0 Å². The van der Waals surface area contributed by atoms with Crippen molar-refractivity contribution < 1.29 is 28.7 Å². The van der Waals surface area contributed by atoms with Crippen molar-refractivity contribution in [3.8, 4) is 11.5 Å². The summed E-state index contributed by atoms with van der Waals surface area (Å²) >= 11 is 12.3. The third-order valence-corrected chi connectivity index (χ3v) is 5.77. The van der Waals surface area contributed by atoms with Gasteiger partial charge in [-0.1, -0.05) is 41.4 Å². The molecule has 1 heterocycles. The van der Waals surface area contributed by atoms with Gasteiger partial charge in [0.1, 0.15) is 5.57 Å². The Balaban J connectivity index is 1.58. The molecule has 194 valence electrons. The maximum atomic E-state index is 13.1. The number of para-hydroxylation sites is 1. The number of benzene rings is 3. The first-order chi connectivity index (χ1) is 18.3. The van der Waals surface area contributed by atoms with Crippen molar-refractivity contribution in [1.29, 1.82) is 0 Å². The molecule has 0 aliphatic carbocycles.